The van der Waals surface area contributed by atoms with Crippen LogP contribution in [0.2, 0.25) is 0 Å². The highest BCUT2D eigenvalue weighted by molar-refractivity contribution is 5.95. The van der Waals surface area contributed by atoms with Gasteiger partial charge in [-0.3, -0.25) is 4.79 Å². The third-order valence-corrected chi connectivity index (χ3v) is 3.28. The number of nitrogens with zero attached hydrogens (tertiary/aromatic N) is 2. The highest BCUT2D eigenvalue weighted by Crippen LogP contribution is 2.28. The van der Waals surface area contributed by atoms with Gasteiger partial charge < -0.3 is 15.8 Å². The van der Waals surface area contributed by atoms with Crippen LogP contribution in [0, 0.1) is 6.92 Å². The maximum Gasteiger partial charge on any atom is 0.254 e. The van der Waals surface area contributed by atoms with Crippen LogP contribution in [0.25, 0.3) is 0 Å². The Bertz CT molecular complexity index is 478. The fraction of sp³-hybridized carbons (Fsp3) is 0.429. The molecule has 1 fully saturated rings. The summed E-state index contributed by atoms with van der Waals surface area (Å²) in [5.41, 5.74) is 7.28. The van der Waals surface area contributed by atoms with Gasteiger partial charge in [0.05, 0.1) is 0 Å². The highest BCUT2D eigenvalue weighted by atomic mass is 16.4. The van der Waals surface area contributed by atoms with Gasteiger partial charge in [0.2, 0.25) is 0 Å². The Kier molecular flexibility index (Phi) is 4.04. The molecule has 5 heteroatoms. The molecule has 2 rings (SSSR count). The molecule has 0 saturated heterocycles. The first-order valence-corrected chi connectivity index (χ1v) is 6.46. The summed E-state index contributed by atoms with van der Waals surface area (Å²) >= 11 is 0. The van der Waals surface area contributed by atoms with Gasteiger partial charge >= 0.3 is 0 Å². The van der Waals surface area contributed by atoms with Gasteiger partial charge in [-0.2, -0.15) is 0 Å². The molecule has 0 heterocycles. The Balaban J connectivity index is 2.06. The normalized spacial score (nSPS) is 15.3. The summed E-state index contributed by atoms with van der Waals surface area (Å²) in [6.45, 7) is 2.48. The maximum absolute atomic E-state index is 12.4. The lowest BCUT2D eigenvalue weighted by molar-refractivity contribution is 0.0747. The standard InChI is InChI=1S/C14H19N3O2/c1-10-2-4-11(5-3-10)14(18)17(12-6-7-12)9-8-13(15)16-19/h2-5,12,19H,6-9H2,1H3,(H2,15,16). The smallest absolute Gasteiger partial charge is 0.254 e. The first-order chi connectivity index (χ1) is 9.11. The van der Waals surface area contributed by atoms with Crippen LogP contribution >= 0.6 is 0 Å². The number of benzene rings is 1. The number of rotatable bonds is 5. The molecule has 0 aliphatic heterocycles. The Hall–Kier alpha value is -2.04. The summed E-state index contributed by atoms with van der Waals surface area (Å²) < 4.78 is 0. The van der Waals surface area contributed by atoms with E-state index >= 15 is 0 Å². The summed E-state index contributed by atoms with van der Waals surface area (Å²) in [6, 6.07) is 7.86. The van der Waals surface area contributed by atoms with Crippen LogP contribution in [0.3, 0.4) is 0 Å². The lowest BCUT2D eigenvalue weighted by Crippen LogP contribution is -2.35. The lowest BCUT2D eigenvalue weighted by Gasteiger charge is -2.22. The van der Waals surface area contributed by atoms with Crippen molar-refractivity contribution in [3.63, 3.8) is 0 Å². The minimum atomic E-state index is 0.0215. The van der Waals surface area contributed by atoms with E-state index in [-0.39, 0.29) is 11.7 Å². The van der Waals surface area contributed by atoms with Crippen molar-refractivity contribution in [3.8, 4) is 0 Å². The third-order valence-electron chi connectivity index (χ3n) is 3.28. The third kappa shape index (κ3) is 3.47. The Labute approximate surface area is 112 Å². The number of hydrogen-bond donors (Lipinski definition) is 2. The van der Waals surface area contributed by atoms with E-state index < -0.39 is 0 Å². The van der Waals surface area contributed by atoms with Crippen LogP contribution < -0.4 is 5.73 Å². The van der Waals surface area contributed by atoms with Gasteiger partial charge in [-0.15, -0.1) is 0 Å². The summed E-state index contributed by atoms with van der Waals surface area (Å²) in [7, 11) is 0. The van der Waals surface area contributed by atoms with Crippen molar-refractivity contribution >= 4 is 11.7 Å². The average Bonchev–Trinajstić information content (AvgIpc) is 3.24. The van der Waals surface area contributed by atoms with Gasteiger partial charge in [0.15, 0.2) is 0 Å². The van der Waals surface area contributed by atoms with E-state index in [4.69, 9.17) is 10.9 Å². The largest absolute Gasteiger partial charge is 0.409 e. The minimum absolute atomic E-state index is 0.0215. The summed E-state index contributed by atoms with van der Waals surface area (Å²) in [5.74, 6) is 0.176. The zero-order valence-corrected chi connectivity index (χ0v) is 11.0. The van der Waals surface area contributed by atoms with Crippen LogP contribution in [-0.2, 0) is 0 Å². The first kappa shape index (κ1) is 13.4. The van der Waals surface area contributed by atoms with Gasteiger partial charge in [-0.05, 0) is 31.9 Å². The lowest BCUT2D eigenvalue weighted by atomic mass is 10.1. The zero-order chi connectivity index (χ0) is 13.8. The SMILES string of the molecule is Cc1ccc(C(=O)N(CCC(N)=NO)C2CC2)cc1. The molecule has 1 amide bonds. The molecule has 5 nitrogen and oxygen atoms in total. The van der Waals surface area contributed by atoms with Gasteiger partial charge in [-0.1, -0.05) is 22.9 Å². The first-order valence-electron chi connectivity index (χ1n) is 6.46. The van der Waals surface area contributed by atoms with Crippen molar-refractivity contribution in [2.24, 2.45) is 10.9 Å². The topological polar surface area (TPSA) is 78.9 Å². The molecule has 19 heavy (non-hydrogen) atoms. The zero-order valence-electron chi connectivity index (χ0n) is 11.0. The van der Waals surface area contributed by atoms with Crippen LogP contribution in [-0.4, -0.2) is 34.4 Å². The van der Waals surface area contributed by atoms with E-state index in [2.05, 4.69) is 5.16 Å². The van der Waals surface area contributed by atoms with Crippen molar-refractivity contribution in [1.82, 2.24) is 4.90 Å². The van der Waals surface area contributed by atoms with Gasteiger partial charge in [0, 0.05) is 24.6 Å². The van der Waals surface area contributed by atoms with E-state index in [1.165, 1.54) is 0 Å². The summed E-state index contributed by atoms with van der Waals surface area (Å²) in [5, 5.41) is 11.5. The molecule has 0 bridgehead atoms. The van der Waals surface area contributed by atoms with E-state index in [1.807, 2.05) is 36.1 Å². The fourth-order valence-electron chi connectivity index (χ4n) is 1.98. The van der Waals surface area contributed by atoms with Crippen molar-refractivity contribution in [2.45, 2.75) is 32.2 Å². The number of aryl methyl sites for hydroxylation is 1. The van der Waals surface area contributed by atoms with Crippen LogP contribution in [0.1, 0.15) is 35.2 Å². The Morgan fingerprint density at radius 2 is 2.05 bits per heavy atom. The molecule has 3 N–H and O–H groups in total. The number of carbonyl (C=O) groups is 1. The number of oxime groups is 1. The molecule has 0 radical (unpaired) electrons. The van der Waals surface area contributed by atoms with Crippen molar-refractivity contribution in [2.75, 3.05) is 6.54 Å². The van der Waals surface area contributed by atoms with Crippen LogP contribution in [0.5, 0.6) is 0 Å². The predicted octanol–water partition coefficient (Wildman–Crippen LogP) is 1.74. The van der Waals surface area contributed by atoms with E-state index in [1.54, 1.807) is 0 Å². The molecule has 1 aliphatic carbocycles. The molecule has 0 atom stereocenters. The summed E-state index contributed by atoms with van der Waals surface area (Å²) in [6.07, 6.45) is 2.46. The molecule has 0 aromatic heterocycles. The second-order valence-electron chi connectivity index (χ2n) is 4.94. The number of amides is 1. The predicted molar refractivity (Wildman–Crippen MR) is 73.3 cm³/mol. The number of nitrogens with two attached hydrogens (primary N) is 1. The van der Waals surface area contributed by atoms with Crippen molar-refractivity contribution < 1.29 is 10.0 Å². The molecule has 102 valence electrons. The quantitative estimate of drug-likeness (QED) is 0.367. The number of carbonyl (C=O) groups excluding carboxylic acids is 1. The average molecular weight is 261 g/mol. The highest BCUT2D eigenvalue weighted by Gasteiger charge is 2.32. The van der Waals surface area contributed by atoms with E-state index in [0.29, 0.717) is 24.6 Å². The van der Waals surface area contributed by atoms with Gasteiger partial charge in [0.1, 0.15) is 5.84 Å². The molecule has 1 aliphatic rings. The monoisotopic (exact) mass is 261 g/mol. The molecule has 1 saturated carbocycles. The van der Waals surface area contributed by atoms with Gasteiger partial charge in [-0.25, -0.2) is 0 Å². The maximum atomic E-state index is 12.4. The van der Waals surface area contributed by atoms with Crippen molar-refractivity contribution in [3.05, 3.63) is 35.4 Å². The number of hydrogen-bond acceptors (Lipinski definition) is 3. The minimum Gasteiger partial charge on any atom is -0.409 e. The molecule has 1 aromatic rings. The molecule has 0 spiro atoms. The molecule has 0 unspecified atom stereocenters. The molecular formula is C14H19N3O2. The second kappa shape index (κ2) is 5.73. The van der Waals surface area contributed by atoms with Crippen LogP contribution in [0.4, 0.5) is 0 Å². The van der Waals surface area contributed by atoms with Crippen LogP contribution in [0.15, 0.2) is 29.4 Å². The second-order valence-corrected chi connectivity index (χ2v) is 4.94. The Morgan fingerprint density at radius 3 is 2.58 bits per heavy atom. The fourth-order valence-corrected chi connectivity index (χ4v) is 1.98. The Morgan fingerprint density at radius 1 is 1.42 bits per heavy atom. The summed E-state index contributed by atoms with van der Waals surface area (Å²) in [4.78, 5) is 14.2. The van der Waals surface area contributed by atoms with E-state index in [9.17, 15) is 4.79 Å². The molecular weight excluding hydrogens is 242 g/mol. The van der Waals surface area contributed by atoms with Crippen molar-refractivity contribution in [1.29, 1.82) is 0 Å². The van der Waals surface area contributed by atoms with Gasteiger partial charge in [0.25, 0.3) is 5.91 Å². The molecule has 1 aromatic carbocycles. The van der Waals surface area contributed by atoms with E-state index in [0.717, 1.165) is 18.4 Å². The number of amidine groups is 1.